The van der Waals surface area contributed by atoms with E-state index >= 15 is 0 Å². The quantitative estimate of drug-likeness (QED) is 0.385. The molecule has 4 aromatic heterocycles. The molecule has 8 nitrogen and oxygen atoms in total. The number of amides is 1. The van der Waals surface area contributed by atoms with Crippen LogP contribution in [0.3, 0.4) is 0 Å². The summed E-state index contributed by atoms with van der Waals surface area (Å²) in [5, 5.41) is 11.7. The van der Waals surface area contributed by atoms with E-state index in [0.29, 0.717) is 29.2 Å². The van der Waals surface area contributed by atoms with Gasteiger partial charge >= 0.3 is 0 Å². The summed E-state index contributed by atoms with van der Waals surface area (Å²) < 4.78 is 5.28. The molecule has 0 unspecified atom stereocenters. The van der Waals surface area contributed by atoms with Gasteiger partial charge in [-0.1, -0.05) is 0 Å². The van der Waals surface area contributed by atoms with Crippen molar-refractivity contribution in [2.45, 2.75) is 6.54 Å². The van der Waals surface area contributed by atoms with Crippen molar-refractivity contribution in [2.75, 3.05) is 5.73 Å². The first-order chi connectivity index (χ1) is 13.7. The second-order valence-corrected chi connectivity index (χ2v) is 6.48. The summed E-state index contributed by atoms with van der Waals surface area (Å²) in [6.45, 7) is 0.307. The summed E-state index contributed by atoms with van der Waals surface area (Å²) in [5.41, 5.74) is 9.74. The SMILES string of the molecule is Nc1cc2c(-c3cc(C(=O)NCc4ccco4)c4[nH]ncc4c3)c[nH]c2cn1. The Bertz CT molecular complexity index is 1300. The maximum absolute atomic E-state index is 12.9. The first-order valence-corrected chi connectivity index (χ1v) is 8.70. The van der Waals surface area contributed by atoms with Gasteiger partial charge in [0.1, 0.15) is 11.6 Å². The minimum absolute atomic E-state index is 0.214. The molecule has 0 bridgehead atoms. The summed E-state index contributed by atoms with van der Waals surface area (Å²) in [4.78, 5) is 20.2. The molecule has 0 atom stereocenters. The molecule has 5 aromatic rings. The molecule has 0 fully saturated rings. The second kappa shape index (κ2) is 6.27. The number of hydrogen-bond acceptors (Lipinski definition) is 5. The van der Waals surface area contributed by atoms with Gasteiger partial charge in [-0.25, -0.2) is 4.98 Å². The Balaban J connectivity index is 1.59. The highest BCUT2D eigenvalue weighted by atomic mass is 16.3. The molecule has 138 valence electrons. The largest absolute Gasteiger partial charge is 0.467 e. The average molecular weight is 372 g/mol. The average Bonchev–Trinajstić information content (AvgIpc) is 3.44. The van der Waals surface area contributed by atoms with Gasteiger partial charge in [0, 0.05) is 22.5 Å². The fourth-order valence-corrected chi connectivity index (χ4v) is 3.34. The van der Waals surface area contributed by atoms with Crippen molar-refractivity contribution in [3.8, 4) is 11.1 Å². The van der Waals surface area contributed by atoms with Crippen molar-refractivity contribution in [3.63, 3.8) is 0 Å². The van der Waals surface area contributed by atoms with Crippen molar-refractivity contribution in [2.24, 2.45) is 0 Å². The molecular weight excluding hydrogens is 356 g/mol. The van der Waals surface area contributed by atoms with E-state index in [1.165, 1.54) is 0 Å². The summed E-state index contributed by atoms with van der Waals surface area (Å²) in [5.74, 6) is 0.910. The fraction of sp³-hybridized carbons (Fsp3) is 0.0500. The summed E-state index contributed by atoms with van der Waals surface area (Å²) in [7, 11) is 0. The zero-order valence-electron chi connectivity index (χ0n) is 14.7. The third kappa shape index (κ3) is 2.67. The minimum Gasteiger partial charge on any atom is -0.467 e. The van der Waals surface area contributed by atoms with Crippen LogP contribution in [-0.2, 0) is 6.54 Å². The van der Waals surface area contributed by atoms with Gasteiger partial charge < -0.3 is 20.5 Å². The first kappa shape index (κ1) is 16.1. The maximum Gasteiger partial charge on any atom is 0.253 e. The standard InChI is InChI=1S/C20H16N6O2/c21-18-6-14-16(9-22-17(14)10-23-18)11-4-12-7-25-26-19(12)15(5-11)20(27)24-8-13-2-1-3-28-13/h1-7,9-10,22H,8H2,(H2,21,23)(H,24,27)(H,25,26). The van der Waals surface area contributed by atoms with E-state index in [1.54, 1.807) is 24.7 Å². The first-order valence-electron chi connectivity index (χ1n) is 8.70. The van der Waals surface area contributed by atoms with Crippen LogP contribution in [0.2, 0.25) is 0 Å². The minimum atomic E-state index is -0.214. The van der Waals surface area contributed by atoms with E-state index in [9.17, 15) is 4.79 Å². The van der Waals surface area contributed by atoms with Crippen LogP contribution in [0.25, 0.3) is 32.9 Å². The third-order valence-corrected chi connectivity index (χ3v) is 4.70. The molecule has 0 saturated heterocycles. The van der Waals surface area contributed by atoms with Gasteiger partial charge in [0.2, 0.25) is 0 Å². The number of furan rings is 1. The molecule has 0 spiro atoms. The number of aromatic nitrogens is 4. The van der Waals surface area contributed by atoms with E-state index in [-0.39, 0.29) is 5.91 Å². The van der Waals surface area contributed by atoms with Crippen molar-refractivity contribution < 1.29 is 9.21 Å². The highest BCUT2D eigenvalue weighted by Gasteiger charge is 2.16. The number of nitrogen functional groups attached to an aromatic ring is 1. The number of benzene rings is 1. The van der Waals surface area contributed by atoms with Crippen molar-refractivity contribution in [3.05, 3.63) is 66.5 Å². The molecule has 8 heteroatoms. The monoisotopic (exact) mass is 372 g/mol. The van der Waals surface area contributed by atoms with Gasteiger partial charge in [-0.15, -0.1) is 0 Å². The molecule has 1 amide bonds. The fourth-order valence-electron chi connectivity index (χ4n) is 3.34. The lowest BCUT2D eigenvalue weighted by Gasteiger charge is -2.08. The van der Waals surface area contributed by atoms with E-state index < -0.39 is 0 Å². The number of aromatic amines is 2. The number of nitrogens with one attached hydrogen (secondary N) is 3. The number of nitrogens with zero attached hydrogens (tertiary/aromatic N) is 2. The molecule has 5 rings (SSSR count). The van der Waals surface area contributed by atoms with E-state index in [0.717, 1.165) is 27.4 Å². The van der Waals surface area contributed by atoms with Gasteiger partial charge in [0.15, 0.2) is 0 Å². The molecule has 4 heterocycles. The van der Waals surface area contributed by atoms with Crippen LogP contribution in [0.4, 0.5) is 5.82 Å². The Morgan fingerprint density at radius 3 is 3.04 bits per heavy atom. The topological polar surface area (TPSA) is 126 Å². The van der Waals surface area contributed by atoms with Gasteiger partial charge in [-0.05, 0) is 35.9 Å². The van der Waals surface area contributed by atoms with Crippen LogP contribution < -0.4 is 11.1 Å². The van der Waals surface area contributed by atoms with Gasteiger partial charge in [0.05, 0.1) is 41.8 Å². The Kier molecular flexibility index (Phi) is 3.61. The van der Waals surface area contributed by atoms with Crippen molar-refractivity contribution >= 4 is 33.5 Å². The van der Waals surface area contributed by atoms with Gasteiger partial charge in [-0.3, -0.25) is 9.89 Å². The molecule has 1 aromatic carbocycles. The number of carbonyl (C=O) groups is 1. The van der Waals surface area contributed by atoms with E-state index in [2.05, 4.69) is 25.5 Å². The van der Waals surface area contributed by atoms with Gasteiger partial charge in [0.25, 0.3) is 5.91 Å². The lowest BCUT2D eigenvalue weighted by Crippen LogP contribution is -2.23. The summed E-state index contributed by atoms with van der Waals surface area (Å²) in [6, 6.07) is 9.25. The van der Waals surface area contributed by atoms with Crippen LogP contribution in [0, 0.1) is 0 Å². The molecule has 0 aliphatic carbocycles. The molecular formula is C20H16N6O2. The zero-order valence-corrected chi connectivity index (χ0v) is 14.7. The highest BCUT2D eigenvalue weighted by molar-refractivity contribution is 6.08. The maximum atomic E-state index is 12.9. The predicted molar refractivity (Wildman–Crippen MR) is 105 cm³/mol. The smallest absolute Gasteiger partial charge is 0.253 e. The highest BCUT2D eigenvalue weighted by Crippen LogP contribution is 2.32. The number of anilines is 1. The second-order valence-electron chi connectivity index (χ2n) is 6.48. The van der Waals surface area contributed by atoms with Crippen molar-refractivity contribution in [1.82, 2.24) is 25.5 Å². The van der Waals surface area contributed by atoms with Crippen LogP contribution in [0.5, 0.6) is 0 Å². The van der Waals surface area contributed by atoms with Crippen LogP contribution in [0.15, 0.2) is 59.6 Å². The Labute approximate surface area is 158 Å². The number of rotatable bonds is 4. The Hall–Kier alpha value is -4.07. The van der Waals surface area contributed by atoms with Gasteiger partial charge in [-0.2, -0.15) is 5.10 Å². The summed E-state index contributed by atoms with van der Waals surface area (Å²) >= 11 is 0. The van der Waals surface area contributed by atoms with Crippen LogP contribution in [-0.4, -0.2) is 26.1 Å². The molecule has 28 heavy (non-hydrogen) atoms. The normalized spacial score (nSPS) is 11.3. The lowest BCUT2D eigenvalue weighted by molar-refractivity contribution is 0.0949. The number of fused-ring (bicyclic) bond motifs is 2. The Morgan fingerprint density at radius 1 is 1.25 bits per heavy atom. The van der Waals surface area contributed by atoms with Crippen LogP contribution >= 0.6 is 0 Å². The number of pyridine rings is 1. The number of carbonyl (C=O) groups excluding carboxylic acids is 1. The molecule has 0 aliphatic heterocycles. The molecule has 0 aliphatic rings. The zero-order chi connectivity index (χ0) is 19.1. The van der Waals surface area contributed by atoms with E-state index in [1.807, 2.05) is 30.5 Å². The van der Waals surface area contributed by atoms with E-state index in [4.69, 9.17) is 10.2 Å². The Morgan fingerprint density at radius 2 is 2.18 bits per heavy atom. The molecule has 5 N–H and O–H groups in total. The number of hydrogen-bond donors (Lipinski definition) is 4. The number of H-pyrrole nitrogens is 2. The summed E-state index contributed by atoms with van der Waals surface area (Å²) in [6.07, 6.45) is 6.86. The van der Waals surface area contributed by atoms with Crippen molar-refractivity contribution in [1.29, 1.82) is 0 Å². The number of nitrogens with two attached hydrogens (primary N) is 1. The molecule has 0 radical (unpaired) electrons. The predicted octanol–water partition coefficient (Wildman–Crippen LogP) is 3.21. The van der Waals surface area contributed by atoms with Crippen LogP contribution in [0.1, 0.15) is 16.1 Å². The lowest BCUT2D eigenvalue weighted by atomic mass is 10.00. The third-order valence-electron chi connectivity index (χ3n) is 4.70. The molecule has 0 saturated carbocycles.